The van der Waals surface area contributed by atoms with E-state index in [1.807, 2.05) is 30.3 Å². The van der Waals surface area contributed by atoms with Crippen molar-refractivity contribution in [1.29, 1.82) is 0 Å². The summed E-state index contributed by atoms with van der Waals surface area (Å²) < 4.78 is 44.6. The number of carbonyl (C=O) groups excluding carboxylic acids is 3. The van der Waals surface area contributed by atoms with E-state index < -0.39 is 35.3 Å². The Labute approximate surface area is 212 Å². The third kappa shape index (κ3) is 5.14. The van der Waals surface area contributed by atoms with E-state index in [0.29, 0.717) is 17.4 Å². The molecular formula is C27H17F3N2O4S. The molecule has 0 spiro atoms. The Morgan fingerprint density at radius 3 is 2.54 bits per heavy atom. The number of alkyl halides is 3. The number of nitrogens with one attached hydrogen (secondary N) is 1. The van der Waals surface area contributed by atoms with Crippen LogP contribution in [0.1, 0.15) is 11.3 Å². The van der Waals surface area contributed by atoms with Gasteiger partial charge in [0.15, 0.2) is 0 Å². The summed E-state index contributed by atoms with van der Waals surface area (Å²) in [6, 6.07) is 20.5. The number of thioether (sulfide) groups is 1. The lowest BCUT2D eigenvalue weighted by Gasteiger charge is -2.13. The maximum Gasteiger partial charge on any atom is 0.416 e. The van der Waals surface area contributed by atoms with E-state index in [2.05, 4.69) is 5.32 Å². The SMILES string of the molecule is O=C(CN1C(=O)S/C(=C/c2ccc(-c3cccc(C(F)(F)F)c3)o2)C1=O)Nc1cccc2ccccc12. The van der Waals surface area contributed by atoms with Crippen molar-refractivity contribution in [2.45, 2.75) is 6.18 Å². The van der Waals surface area contributed by atoms with Crippen molar-refractivity contribution in [2.24, 2.45) is 0 Å². The fourth-order valence-electron chi connectivity index (χ4n) is 3.87. The molecule has 0 bridgehead atoms. The summed E-state index contributed by atoms with van der Waals surface area (Å²) in [6.07, 6.45) is -3.17. The number of benzene rings is 3. The standard InChI is InChI=1S/C27H17F3N2O4S/c28-27(29,30)18-8-3-7-17(13-18)22-12-11-19(36-22)14-23-25(34)32(26(35)37-23)15-24(33)31-21-10-4-6-16-5-1-2-9-20(16)21/h1-14H,15H2,(H,31,33)/b23-14+. The first kappa shape index (κ1) is 24.4. The number of halogens is 3. The summed E-state index contributed by atoms with van der Waals surface area (Å²) in [4.78, 5) is 38.8. The van der Waals surface area contributed by atoms with Gasteiger partial charge in [0.05, 0.1) is 10.5 Å². The molecule has 10 heteroatoms. The number of hydrogen-bond donors (Lipinski definition) is 1. The Morgan fingerprint density at radius 2 is 1.73 bits per heavy atom. The molecule has 1 aliphatic heterocycles. The van der Waals surface area contributed by atoms with Crippen molar-refractivity contribution in [3.63, 3.8) is 0 Å². The molecule has 0 unspecified atom stereocenters. The first-order valence-electron chi connectivity index (χ1n) is 11.0. The van der Waals surface area contributed by atoms with Crippen LogP contribution in [-0.2, 0) is 15.8 Å². The molecule has 1 aromatic heterocycles. The highest BCUT2D eigenvalue weighted by atomic mass is 32.2. The lowest BCUT2D eigenvalue weighted by Crippen LogP contribution is -2.36. The van der Waals surface area contributed by atoms with Gasteiger partial charge in [0.25, 0.3) is 11.1 Å². The smallest absolute Gasteiger partial charge is 0.416 e. The second-order valence-electron chi connectivity index (χ2n) is 8.12. The van der Waals surface area contributed by atoms with E-state index in [0.717, 1.165) is 27.8 Å². The fraction of sp³-hybridized carbons (Fsp3) is 0.0741. The lowest BCUT2D eigenvalue weighted by molar-refractivity contribution is -0.137. The first-order valence-corrected chi connectivity index (χ1v) is 11.8. The lowest BCUT2D eigenvalue weighted by atomic mass is 10.1. The number of imide groups is 1. The van der Waals surface area contributed by atoms with Gasteiger partial charge in [0.1, 0.15) is 18.1 Å². The van der Waals surface area contributed by atoms with Gasteiger partial charge in [0, 0.05) is 22.7 Å². The van der Waals surface area contributed by atoms with Crippen LogP contribution in [0.3, 0.4) is 0 Å². The van der Waals surface area contributed by atoms with Gasteiger partial charge in [-0.2, -0.15) is 13.2 Å². The van der Waals surface area contributed by atoms with E-state index in [9.17, 15) is 27.6 Å². The molecule has 6 nitrogen and oxygen atoms in total. The van der Waals surface area contributed by atoms with E-state index in [1.54, 1.807) is 12.1 Å². The molecule has 4 aromatic rings. The van der Waals surface area contributed by atoms with Gasteiger partial charge >= 0.3 is 6.18 Å². The number of amides is 3. The average molecular weight is 523 g/mol. The molecule has 0 saturated carbocycles. The minimum atomic E-state index is -4.50. The molecule has 3 amide bonds. The highest BCUT2D eigenvalue weighted by molar-refractivity contribution is 8.18. The molecule has 1 fully saturated rings. The third-order valence-electron chi connectivity index (χ3n) is 5.61. The van der Waals surface area contributed by atoms with E-state index in [4.69, 9.17) is 4.42 Å². The summed E-state index contributed by atoms with van der Waals surface area (Å²) >= 11 is 0.648. The number of anilines is 1. The Bertz CT molecular complexity index is 1570. The topological polar surface area (TPSA) is 79.6 Å². The molecule has 37 heavy (non-hydrogen) atoms. The van der Waals surface area contributed by atoms with Gasteiger partial charge in [-0.3, -0.25) is 19.3 Å². The molecule has 0 radical (unpaired) electrons. The summed E-state index contributed by atoms with van der Waals surface area (Å²) in [7, 11) is 0. The second kappa shape index (κ2) is 9.62. The van der Waals surface area contributed by atoms with Gasteiger partial charge in [-0.1, -0.05) is 48.5 Å². The Balaban J connectivity index is 1.29. The zero-order valence-electron chi connectivity index (χ0n) is 18.9. The van der Waals surface area contributed by atoms with Crippen LogP contribution < -0.4 is 5.32 Å². The quantitative estimate of drug-likeness (QED) is 0.292. The molecule has 0 aliphatic carbocycles. The molecule has 1 saturated heterocycles. The summed E-state index contributed by atoms with van der Waals surface area (Å²) in [5, 5.41) is 3.87. The number of carbonyl (C=O) groups is 3. The van der Waals surface area contributed by atoms with Crippen LogP contribution in [0.4, 0.5) is 23.7 Å². The summed E-state index contributed by atoms with van der Waals surface area (Å²) in [5.41, 5.74) is -0.0400. The molecule has 186 valence electrons. The normalized spacial score (nSPS) is 15.1. The molecule has 0 atom stereocenters. The Morgan fingerprint density at radius 1 is 0.973 bits per heavy atom. The van der Waals surface area contributed by atoms with E-state index in [1.165, 1.54) is 30.3 Å². The zero-order valence-corrected chi connectivity index (χ0v) is 19.7. The molecule has 1 N–H and O–H groups in total. The van der Waals surface area contributed by atoms with Crippen molar-refractivity contribution in [3.8, 4) is 11.3 Å². The van der Waals surface area contributed by atoms with Gasteiger partial charge in [0.2, 0.25) is 5.91 Å². The molecular weight excluding hydrogens is 505 g/mol. The number of hydrogen-bond acceptors (Lipinski definition) is 5. The number of rotatable bonds is 5. The van der Waals surface area contributed by atoms with Crippen molar-refractivity contribution in [3.05, 3.63) is 95.1 Å². The summed E-state index contributed by atoms with van der Waals surface area (Å²) in [5.74, 6) is -0.853. The monoisotopic (exact) mass is 522 g/mol. The van der Waals surface area contributed by atoms with E-state index >= 15 is 0 Å². The van der Waals surface area contributed by atoms with Crippen molar-refractivity contribution in [1.82, 2.24) is 4.90 Å². The molecule has 1 aliphatic rings. The van der Waals surface area contributed by atoms with E-state index in [-0.39, 0.29) is 22.0 Å². The number of fused-ring (bicyclic) bond motifs is 1. The van der Waals surface area contributed by atoms with Gasteiger partial charge in [-0.05, 0) is 47.5 Å². The predicted molar refractivity (Wildman–Crippen MR) is 134 cm³/mol. The van der Waals surface area contributed by atoms with Crippen LogP contribution in [0, 0.1) is 0 Å². The van der Waals surface area contributed by atoms with Crippen LogP contribution >= 0.6 is 11.8 Å². The number of furan rings is 1. The van der Waals surface area contributed by atoms with Crippen LogP contribution in [0.25, 0.3) is 28.2 Å². The molecule has 5 rings (SSSR count). The van der Waals surface area contributed by atoms with Crippen molar-refractivity contribution in [2.75, 3.05) is 11.9 Å². The first-order chi connectivity index (χ1) is 17.7. The van der Waals surface area contributed by atoms with Crippen molar-refractivity contribution >= 4 is 51.4 Å². The maximum absolute atomic E-state index is 13.0. The number of nitrogens with zero attached hydrogens (tertiary/aromatic N) is 1. The molecule has 2 heterocycles. The minimum absolute atomic E-state index is 0.0351. The van der Waals surface area contributed by atoms with Crippen LogP contribution in [0.2, 0.25) is 0 Å². The highest BCUT2D eigenvalue weighted by Crippen LogP contribution is 2.35. The van der Waals surface area contributed by atoms with Crippen LogP contribution in [0.5, 0.6) is 0 Å². The Hall–Kier alpha value is -4.31. The second-order valence-corrected chi connectivity index (χ2v) is 9.12. The fourth-order valence-corrected chi connectivity index (χ4v) is 4.69. The highest BCUT2D eigenvalue weighted by Gasteiger charge is 2.36. The molecule has 3 aromatic carbocycles. The van der Waals surface area contributed by atoms with Gasteiger partial charge in [-0.25, -0.2) is 0 Å². The minimum Gasteiger partial charge on any atom is -0.457 e. The maximum atomic E-state index is 13.0. The largest absolute Gasteiger partial charge is 0.457 e. The summed E-state index contributed by atoms with van der Waals surface area (Å²) in [6.45, 7) is -0.473. The third-order valence-corrected chi connectivity index (χ3v) is 6.52. The van der Waals surface area contributed by atoms with Gasteiger partial charge in [-0.15, -0.1) is 0 Å². The zero-order chi connectivity index (χ0) is 26.2. The van der Waals surface area contributed by atoms with Crippen LogP contribution in [0.15, 0.2) is 88.2 Å². The Kier molecular flexibility index (Phi) is 6.34. The van der Waals surface area contributed by atoms with Crippen LogP contribution in [-0.4, -0.2) is 28.5 Å². The predicted octanol–water partition coefficient (Wildman–Crippen LogP) is 6.79. The average Bonchev–Trinajstić information content (AvgIpc) is 3.44. The van der Waals surface area contributed by atoms with Gasteiger partial charge < -0.3 is 9.73 Å². The van der Waals surface area contributed by atoms with Crippen molar-refractivity contribution < 1.29 is 32.0 Å².